The number of nitrogens with one attached hydrogen (secondary N) is 1. The van der Waals surface area contributed by atoms with E-state index in [-0.39, 0.29) is 11.8 Å². The van der Waals surface area contributed by atoms with Gasteiger partial charge in [-0.15, -0.1) is 12.3 Å². The third kappa shape index (κ3) is 14.0. The van der Waals surface area contributed by atoms with Crippen LogP contribution < -0.4 is 14.8 Å². The van der Waals surface area contributed by atoms with E-state index in [4.69, 9.17) is 20.9 Å². The van der Waals surface area contributed by atoms with E-state index in [0.717, 1.165) is 67.2 Å². The Kier molecular flexibility index (Phi) is 18.2. The zero-order chi connectivity index (χ0) is 39.5. The monoisotopic (exact) mass is 736 g/mol. The smallest absolute Gasteiger partial charge is 0.246 e. The van der Waals surface area contributed by atoms with Crippen molar-refractivity contribution in [1.29, 1.82) is 0 Å². The number of amides is 1. The van der Waals surface area contributed by atoms with Gasteiger partial charge in [-0.05, 0) is 89.5 Å². The van der Waals surface area contributed by atoms with Crippen LogP contribution in [0.1, 0.15) is 71.6 Å². The van der Waals surface area contributed by atoms with Crippen LogP contribution in [0.2, 0.25) is 0 Å². The fourth-order valence-corrected chi connectivity index (χ4v) is 5.34. The minimum absolute atomic E-state index is 0.0551. The lowest BCUT2D eigenvalue weighted by Crippen LogP contribution is -2.37. The molecule has 2 aromatic heterocycles. The third-order valence-electron chi connectivity index (χ3n) is 8.94. The molecule has 290 valence electrons. The number of nitrogens with zero attached hydrogens (tertiary/aromatic N) is 7. The van der Waals surface area contributed by atoms with Crippen LogP contribution >= 0.6 is 0 Å². The van der Waals surface area contributed by atoms with Crippen molar-refractivity contribution < 1.29 is 14.3 Å². The molecule has 11 nitrogen and oxygen atoms in total. The number of aryl methyl sites for hydroxylation is 2. The van der Waals surface area contributed by atoms with Crippen molar-refractivity contribution in [2.45, 2.75) is 74.1 Å². The SMILES string of the molecule is C#CCC.C/C=N\N1C=CC(Oc2ccc(Nc3ncnc4cc(OCC(CC)CN(CCC(C)CC)C(=O)/C=C/CN(C)C)c(C)nc34)cc2C)=CC1. The van der Waals surface area contributed by atoms with Crippen molar-refractivity contribution in [2.24, 2.45) is 16.9 Å². The molecule has 0 aliphatic carbocycles. The van der Waals surface area contributed by atoms with Crippen molar-refractivity contribution >= 4 is 34.7 Å². The Balaban J connectivity index is 0.00000186. The lowest BCUT2D eigenvalue weighted by atomic mass is 10.0. The van der Waals surface area contributed by atoms with Crippen LogP contribution in [0.15, 0.2) is 72.0 Å². The summed E-state index contributed by atoms with van der Waals surface area (Å²) < 4.78 is 12.5. The Bertz CT molecular complexity index is 1810. The number of hydrogen-bond donors (Lipinski definition) is 1. The highest BCUT2D eigenvalue weighted by molar-refractivity contribution is 5.88. The Morgan fingerprint density at radius 2 is 1.93 bits per heavy atom. The number of terminal acetylenes is 1. The molecule has 3 heterocycles. The molecule has 0 saturated heterocycles. The predicted molar refractivity (Wildman–Crippen MR) is 222 cm³/mol. The van der Waals surface area contributed by atoms with Crippen molar-refractivity contribution in [3.05, 3.63) is 78.1 Å². The van der Waals surface area contributed by atoms with Gasteiger partial charge in [0.25, 0.3) is 0 Å². The number of hydrazone groups is 1. The van der Waals surface area contributed by atoms with Gasteiger partial charge in [0, 0.05) is 62.2 Å². The molecule has 0 spiro atoms. The van der Waals surface area contributed by atoms with Gasteiger partial charge in [0.05, 0.1) is 24.4 Å². The van der Waals surface area contributed by atoms with E-state index in [1.165, 1.54) is 6.33 Å². The summed E-state index contributed by atoms with van der Waals surface area (Å²) in [4.78, 5) is 31.1. The Hall–Kier alpha value is -5.21. The molecule has 1 N–H and O–H groups in total. The molecule has 0 radical (unpaired) electrons. The van der Waals surface area contributed by atoms with Gasteiger partial charge in [0.1, 0.15) is 29.1 Å². The molecule has 0 saturated carbocycles. The van der Waals surface area contributed by atoms with E-state index in [1.54, 1.807) is 12.3 Å². The lowest BCUT2D eigenvalue weighted by molar-refractivity contribution is -0.127. The summed E-state index contributed by atoms with van der Waals surface area (Å²) in [6, 6.07) is 7.85. The zero-order valence-electron chi connectivity index (χ0n) is 33.8. The van der Waals surface area contributed by atoms with E-state index in [0.29, 0.717) is 48.2 Å². The molecule has 1 aromatic carbocycles. The van der Waals surface area contributed by atoms with Crippen LogP contribution in [-0.2, 0) is 4.79 Å². The largest absolute Gasteiger partial charge is 0.491 e. The summed E-state index contributed by atoms with van der Waals surface area (Å²) in [6.45, 7) is 17.6. The third-order valence-corrected chi connectivity index (χ3v) is 8.94. The number of carbonyl (C=O) groups excluding carboxylic acids is 1. The normalized spacial score (nSPS) is 13.7. The highest BCUT2D eigenvalue weighted by atomic mass is 16.5. The molecule has 0 bridgehead atoms. The van der Waals surface area contributed by atoms with Gasteiger partial charge in [0.2, 0.25) is 5.91 Å². The number of anilines is 2. The molecule has 3 aromatic rings. The number of allylic oxidation sites excluding steroid dienone is 1. The van der Waals surface area contributed by atoms with Crippen LogP contribution in [0.25, 0.3) is 11.0 Å². The zero-order valence-corrected chi connectivity index (χ0v) is 33.8. The minimum atomic E-state index is 0.0551. The molecular weight excluding hydrogens is 677 g/mol. The standard InChI is InChI=1S/C39H54N8O3.C4H6/c1-9-28(4)16-20-46(37(48)13-12-19-45(7)8)25-31(10-2)26-49-36-24-34-38(43-30(36)6)39(41-27-40-34)44-32-14-15-35(29(5)23-32)50-33-17-21-47(22-18-33)42-11-3;1-3-4-2/h11-15,17-18,21,23-24,27-28,31H,9-10,16,19-20,22,25-26H2,1-8H3,(H,40,41,44);1H,4H2,2H3/b13-12+,42-11-;. The van der Waals surface area contributed by atoms with Gasteiger partial charge in [0.15, 0.2) is 5.82 Å². The number of hydrogen-bond acceptors (Lipinski definition) is 10. The van der Waals surface area contributed by atoms with E-state index in [1.807, 2.05) is 105 Å². The maximum absolute atomic E-state index is 13.2. The van der Waals surface area contributed by atoms with Crippen molar-refractivity contribution in [3.8, 4) is 23.8 Å². The van der Waals surface area contributed by atoms with Crippen molar-refractivity contribution in [3.63, 3.8) is 0 Å². The Morgan fingerprint density at radius 3 is 2.56 bits per heavy atom. The van der Waals surface area contributed by atoms with Gasteiger partial charge in [-0.25, -0.2) is 15.0 Å². The molecule has 1 amide bonds. The number of ether oxygens (including phenoxy) is 2. The molecule has 54 heavy (non-hydrogen) atoms. The van der Waals surface area contributed by atoms with Gasteiger partial charge < -0.3 is 24.6 Å². The van der Waals surface area contributed by atoms with Gasteiger partial charge in [-0.3, -0.25) is 9.80 Å². The fraction of sp³-hybridized carbons (Fsp3) is 0.465. The molecule has 4 rings (SSSR count). The van der Waals surface area contributed by atoms with Gasteiger partial charge in [-0.2, -0.15) is 5.10 Å². The van der Waals surface area contributed by atoms with Crippen molar-refractivity contribution in [2.75, 3.05) is 52.2 Å². The van der Waals surface area contributed by atoms with Crippen LogP contribution in [0.5, 0.6) is 11.5 Å². The first-order valence-corrected chi connectivity index (χ1v) is 19.0. The molecular formula is C43H60N8O3. The average molecular weight is 737 g/mol. The number of pyridine rings is 1. The second kappa shape index (κ2) is 22.8. The number of fused-ring (bicyclic) bond motifs is 1. The van der Waals surface area contributed by atoms with Crippen LogP contribution in [0, 0.1) is 38.0 Å². The Morgan fingerprint density at radius 1 is 1.15 bits per heavy atom. The second-order valence-corrected chi connectivity index (χ2v) is 13.7. The first-order chi connectivity index (χ1) is 26.0. The maximum atomic E-state index is 13.2. The second-order valence-electron chi connectivity index (χ2n) is 13.7. The van der Waals surface area contributed by atoms with E-state index >= 15 is 0 Å². The number of aromatic nitrogens is 3. The summed E-state index contributed by atoms with van der Waals surface area (Å²) in [6.07, 6.45) is 21.3. The molecule has 2 atom stereocenters. The number of carbonyl (C=O) groups is 1. The first-order valence-electron chi connectivity index (χ1n) is 19.0. The molecule has 1 aliphatic heterocycles. The highest BCUT2D eigenvalue weighted by Crippen LogP contribution is 2.30. The van der Waals surface area contributed by atoms with Crippen LogP contribution in [0.4, 0.5) is 11.5 Å². The summed E-state index contributed by atoms with van der Waals surface area (Å²) >= 11 is 0. The van der Waals surface area contributed by atoms with E-state index in [9.17, 15) is 4.79 Å². The van der Waals surface area contributed by atoms with Crippen LogP contribution in [0.3, 0.4) is 0 Å². The molecule has 1 aliphatic rings. The number of benzene rings is 1. The van der Waals surface area contributed by atoms with E-state index < -0.39 is 0 Å². The molecule has 2 unspecified atom stereocenters. The molecule has 0 fully saturated rings. The summed E-state index contributed by atoms with van der Waals surface area (Å²) in [5.74, 6) is 6.06. The lowest BCUT2D eigenvalue weighted by Gasteiger charge is -2.27. The molecule has 11 heteroatoms. The topological polar surface area (TPSA) is 108 Å². The number of likely N-dealkylation sites (N-methyl/N-ethyl adjacent to an activating group) is 1. The van der Waals surface area contributed by atoms with Crippen LogP contribution in [-0.4, -0.2) is 88.8 Å². The first kappa shape index (κ1) is 43.2. The Labute approximate surface area is 323 Å². The minimum Gasteiger partial charge on any atom is -0.491 e. The summed E-state index contributed by atoms with van der Waals surface area (Å²) in [5, 5.41) is 9.51. The summed E-state index contributed by atoms with van der Waals surface area (Å²) in [5.41, 5.74) is 3.93. The number of rotatable bonds is 18. The quantitative estimate of drug-likeness (QED) is 0.0784. The van der Waals surface area contributed by atoms with Gasteiger partial charge in [-0.1, -0.05) is 40.2 Å². The highest BCUT2D eigenvalue weighted by Gasteiger charge is 2.19. The predicted octanol–water partition coefficient (Wildman–Crippen LogP) is 8.30. The maximum Gasteiger partial charge on any atom is 0.246 e. The van der Waals surface area contributed by atoms with Crippen molar-refractivity contribution in [1.82, 2.24) is 29.8 Å². The van der Waals surface area contributed by atoms with E-state index in [2.05, 4.69) is 47.1 Å². The summed E-state index contributed by atoms with van der Waals surface area (Å²) in [7, 11) is 3.99. The van der Waals surface area contributed by atoms with Gasteiger partial charge >= 0.3 is 0 Å². The fourth-order valence-electron chi connectivity index (χ4n) is 5.34. The average Bonchev–Trinajstić information content (AvgIpc) is 3.16.